The summed E-state index contributed by atoms with van der Waals surface area (Å²) in [5, 5.41) is 26.3. The average Bonchev–Trinajstić information content (AvgIpc) is 3.17. The molecule has 12 nitrogen and oxygen atoms in total. The minimum atomic E-state index is -0.416. The quantitative estimate of drug-likeness (QED) is 0.0388. The molecule has 4 aromatic rings. The predicted molar refractivity (Wildman–Crippen MR) is 200 cm³/mol. The number of rotatable bonds is 20. The number of unbranched alkanes of at least 4 members (excludes halogenated alkanes) is 2. The molecule has 0 N–H and O–H groups in total. The molecule has 0 amide bonds. The van der Waals surface area contributed by atoms with E-state index in [1.807, 2.05) is 98.8 Å². The van der Waals surface area contributed by atoms with Gasteiger partial charge in [-0.2, -0.15) is 30.7 Å². The second-order valence-corrected chi connectivity index (χ2v) is 11.4. The van der Waals surface area contributed by atoms with Crippen LogP contribution >= 0.6 is 0 Å². The zero-order valence-electron chi connectivity index (χ0n) is 29.4. The molecule has 0 radical (unpaired) electrons. The lowest BCUT2D eigenvalue weighted by molar-refractivity contribution is -0.138. The van der Waals surface area contributed by atoms with Gasteiger partial charge in [-0.05, 0) is 136 Å². The van der Waals surface area contributed by atoms with Crippen LogP contribution in [0.4, 0.5) is 34.1 Å². The number of ether oxygens (including phenoxy) is 4. The van der Waals surface area contributed by atoms with Gasteiger partial charge in [0, 0.05) is 12.2 Å². The predicted octanol–water partition coefficient (Wildman–Crippen LogP) is 11.3. The van der Waals surface area contributed by atoms with Crippen LogP contribution in [-0.2, 0) is 19.1 Å². The number of hydrogen-bond donors (Lipinski definition) is 0. The fourth-order valence-electron chi connectivity index (χ4n) is 4.40. The molecule has 52 heavy (non-hydrogen) atoms. The van der Waals surface area contributed by atoms with Crippen LogP contribution in [0, 0.1) is 13.8 Å². The van der Waals surface area contributed by atoms with Crippen LogP contribution in [0.25, 0.3) is 0 Å². The van der Waals surface area contributed by atoms with Crippen molar-refractivity contribution in [1.82, 2.24) is 0 Å². The fraction of sp³-hybridized carbons (Fsp3) is 0.250. The Labute approximate surface area is 303 Å². The van der Waals surface area contributed by atoms with E-state index in [4.69, 9.17) is 18.9 Å². The summed E-state index contributed by atoms with van der Waals surface area (Å²) >= 11 is 0. The topological polar surface area (TPSA) is 145 Å². The van der Waals surface area contributed by atoms with Gasteiger partial charge in [-0.25, -0.2) is 9.59 Å². The van der Waals surface area contributed by atoms with Gasteiger partial charge in [0.15, 0.2) is 0 Å². The minimum absolute atomic E-state index is 0.345. The third kappa shape index (κ3) is 13.5. The van der Waals surface area contributed by atoms with E-state index in [1.165, 1.54) is 0 Å². The third-order valence-electron chi connectivity index (χ3n) is 7.30. The molecule has 0 unspecified atom stereocenters. The van der Waals surface area contributed by atoms with Crippen molar-refractivity contribution >= 4 is 46.1 Å². The average molecular weight is 703 g/mol. The van der Waals surface area contributed by atoms with Crippen molar-refractivity contribution < 1.29 is 28.5 Å². The SMILES string of the molecule is C=CC(=O)OCCCCOc1ccc(N=Nc2ccc(N=Nc3cc(C)c(N=Nc4ccc(OCCCCOC(=O)C=C)cc4)cc3C)cc2)cc1. The van der Waals surface area contributed by atoms with Crippen LogP contribution in [0.1, 0.15) is 36.8 Å². The Bertz CT molecular complexity index is 1870. The van der Waals surface area contributed by atoms with Crippen molar-refractivity contribution in [3.63, 3.8) is 0 Å². The van der Waals surface area contributed by atoms with Gasteiger partial charge in [-0.3, -0.25) is 0 Å². The fourth-order valence-corrected chi connectivity index (χ4v) is 4.40. The van der Waals surface area contributed by atoms with Gasteiger partial charge in [0.05, 0.1) is 60.6 Å². The van der Waals surface area contributed by atoms with Crippen molar-refractivity contribution in [2.24, 2.45) is 30.7 Å². The maximum atomic E-state index is 11.1. The van der Waals surface area contributed by atoms with Crippen LogP contribution in [0.3, 0.4) is 0 Å². The summed E-state index contributed by atoms with van der Waals surface area (Å²) in [7, 11) is 0. The molecule has 0 heterocycles. The Morgan fingerprint density at radius 2 is 0.808 bits per heavy atom. The minimum Gasteiger partial charge on any atom is -0.494 e. The molecule has 0 fully saturated rings. The molecular formula is C40H42N6O6. The molecule has 0 aliphatic heterocycles. The molecule has 0 saturated carbocycles. The van der Waals surface area contributed by atoms with Gasteiger partial charge < -0.3 is 18.9 Å². The van der Waals surface area contributed by atoms with Crippen molar-refractivity contribution in [2.45, 2.75) is 39.5 Å². The Morgan fingerprint density at radius 3 is 1.15 bits per heavy atom. The highest BCUT2D eigenvalue weighted by atomic mass is 16.5. The summed E-state index contributed by atoms with van der Waals surface area (Å²) in [6.45, 7) is 12.4. The first-order chi connectivity index (χ1) is 25.3. The molecule has 0 aliphatic carbocycles. The van der Waals surface area contributed by atoms with E-state index >= 15 is 0 Å². The van der Waals surface area contributed by atoms with Crippen LogP contribution in [-0.4, -0.2) is 38.4 Å². The molecule has 0 atom stereocenters. The van der Waals surface area contributed by atoms with Gasteiger partial charge in [-0.15, -0.1) is 0 Å². The molecule has 268 valence electrons. The summed E-state index contributed by atoms with van der Waals surface area (Å²) in [4.78, 5) is 22.1. The zero-order chi connectivity index (χ0) is 37.0. The number of hydrogen-bond acceptors (Lipinski definition) is 12. The van der Waals surface area contributed by atoms with Crippen molar-refractivity contribution in [2.75, 3.05) is 26.4 Å². The van der Waals surface area contributed by atoms with Gasteiger partial charge in [0.25, 0.3) is 0 Å². The first kappa shape index (κ1) is 38.5. The Balaban J connectivity index is 1.22. The summed E-state index contributed by atoms with van der Waals surface area (Å²) in [6.07, 6.45) is 5.25. The molecule has 12 heteroatoms. The molecule has 0 aromatic heterocycles. The lowest BCUT2D eigenvalue weighted by Crippen LogP contribution is -2.04. The van der Waals surface area contributed by atoms with E-state index in [0.29, 0.717) is 62.0 Å². The highest BCUT2D eigenvalue weighted by Crippen LogP contribution is 2.32. The number of carbonyl (C=O) groups is 2. The molecule has 4 aromatic carbocycles. The Hall–Kier alpha value is -6.30. The maximum Gasteiger partial charge on any atom is 0.330 e. The first-order valence-electron chi connectivity index (χ1n) is 16.8. The molecule has 0 bridgehead atoms. The normalized spacial score (nSPS) is 11.2. The Kier molecular flexibility index (Phi) is 15.6. The standard InChI is InChI=1S/C40H42N6O6/c1-5-39(47)51-25-9-7-23-49-35-19-15-33(16-20-35)42-41-31-11-13-32(14-12-31)43-45-37-27-30(4)38(28-29(37)3)46-44-34-17-21-36(22-18-34)50-24-8-10-26-52-40(48)6-2/h5-6,11-22,27-28H,1-2,7-10,23-26H2,3-4H3. The second kappa shape index (κ2) is 21.0. The summed E-state index contributed by atoms with van der Waals surface area (Å²) in [5.41, 5.74) is 6.07. The monoisotopic (exact) mass is 702 g/mol. The lowest BCUT2D eigenvalue weighted by Gasteiger charge is -2.07. The third-order valence-corrected chi connectivity index (χ3v) is 7.30. The smallest absolute Gasteiger partial charge is 0.330 e. The largest absolute Gasteiger partial charge is 0.494 e. The van der Waals surface area contributed by atoms with Gasteiger partial charge in [0.2, 0.25) is 0 Å². The Morgan fingerprint density at radius 1 is 0.500 bits per heavy atom. The summed E-state index contributed by atoms with van der Waals surface area (Å²) < 4.78 is 21.4. The maximum absolute atomic E-state index is 11.1. The van der Waals surface area contributed by atoms with E-state index in [-0.39, 0.29) is 0 Å². The highest BCUT2D eigenvalue weighted by Gasteiger charge is 2.05. The lowest BCUT2D eigenvalue weighted by atomic mass is 10.1. The number of carbonyl (C=O) groups excluding carboxylic acids is 2. The van der Waals surface area contributed by atoms with Crippen molar-refractivity contribution in [3.8, 4) is 11.5 Å². The number of nitrogens with zero attached hydrogens (tertiary/aromatic N) is 6. The number of esters is 2. The van der Waals surface area contributed by atoms with E-state index in [9.17, 15) is 9.59 Å². The highest BCUT2D eigenvalue weighted by molar-refractivity contribution is 5.81. The molecule has 0 saturated heterocycles. The van der Waals surface area contributed by atoms with Gasteiger partial charge >= 0.3 is 11.9 Å². The van der Waals surface area contributed by atoms with Gasteiger partial charge in [-0.1, -0.05) is 13.2 Å². The molecular weight excluding hydrogens is 660 g/mol. The summed E-state index contributed by atoms with van der Waals surface area (Å²) in [5.74, 6) is 0.625. The van der Waals surface area contributed by atoms with Gasteiger partial charge in [0.1, 0.15) is 11.5 Å². The van der Waals surface area contributed by atoms with Crippen LogP contribution < -0.4 is 9.47 Å². The van der Waals surface area contributed by atoms with Crippen LogP contribution in [0.5, 0.6) is 11.5 Å². The van der Waals surface area contributed by atoms with Crippen molar-refractivity contribution in [1.29, 1.82) is 0 Å². The van der Waals surface area contributed by atoms with E-state index in [1.54, 1.807) is 0 Å². The van der Waals surface area contributed by atoms with E-state index < -0.39 is 11.9 Å². The molecule has 4 rings (SSSR count). The molecule has 0 aliphatic rings. The summed E-state index contributed by atoms with van der Waals surface area (Å²) in [6, 6.07) is 25.9. The van der Waals surface area contributed by atoms with Crippen molar-refractivity contribution in [3.05, 3.63) is 121 Å². The van der Waals surface area contributed by atoms with E-state index in [2.05, 4.69) is 43.8 Å². The van der Waals surface area contributed by atoms with E-state index in [0.717, 1.165) is 59.0 Å². The number of azo groups is 3. The second-order valence-electron chi connectivity index (χ2n) is 11.4. The van der Waals surface area contributed by atoms with Crippen LogP contribution in [0.15, 0.2) is 141 Å². The number of benzene rings is 4. The van der Waals surface area contributed by atoms with Crippen LogP contribution in [0.2, 0.25) is 0 Å². The zero-order valence-corrected chi connectivity index (χ0v) is 29.4. The molecule has 0 spiro atoms. The number of aryl methyl sites for hydroxylation is 2. The first-order valence-corrected chi connectivity index (χ1v) is 16.8.